The SMILES string of the molecule is COC(=O)[C@H]1CCCCN1Cc1ccc(Cl)c(F)c1. The fourth-order valence-electron chi connectivity index (χ4n) is 2.46. The van der Waals surface area contributed by atoms with E-state index in [4.69, 9.17) is 16.3 Å². The normalized spacial score (nSPS) is 20.3. The van der Waals surface area contributed by atoms with E-state index in [1.54, 1.807) is 12.1 Å². The van der Waals surface area contributed by atoms with Crippen LogP contribution in [0.5, 0.6) is 0 Å². The molecule has 1 atom stereocenters. The monoisotopic (exact) mass is 285 g/mol. The summed E-state index contributed by atoms with van der Waals surface area (Å²) in [6.45, 7) is 1.36. The number of likely N-dealkylation sites (tertiary alicyclic amines) is 1. The van der Waals surface area contributed by atoms with Crippen LogP contribution in [0.25, 0.3) is 0 Å². The van der Waals surface area contributed by atoms with Crippen molar-refractivity contribution in [2.75, 3.05) is 13.7 Å². The van der Waals surface area contributed by atoms with E-state index >= 15 is 0 Å². The van der Waals surface area contributed by atoms with E-state index in [1.165, 1.54) is 13.2 Å². The Bertz CT molecular complexity index is 467. The quantitative estimate of drug-likeness (QED) is 0.800. The van der Waals surface area contributed by atoms with Gasteiger partial charge in [-0.1, -0.05) is 24.1 Å². The van der Waals surface area contributed by atoms with Crippen LogP contribution in [0.3, 0.4) is 0 Å². The van der Waals surface area contributed by atoms with Gasteiger partial charge in [0.05, 0.1) is 12.1 Å². The minimum atomic E-state index is -0.425. The van der Waals surface area contributed by atoms with Crippen LogP contribution >= 0.6 is 11.6 Å². The van der Waals surface area contributed by atoms with Crippen LogP contribution in [0.15, 0.2) is 18.2 Å². The maximum Gasteiger partial charge on any atom is 0.323 e. The maximum absolute atomic E-state index is 13.4. The molecule has 0 amide bonds. The largest absolute Gasteiger partial charge is 0.468 e. The topological polar surface area (TPSA) is 29.5 Å². The second-order valence-corrected chi connectivity index (χ2v) is 5.16. The van der Waals surface area contributed by atoms with Gasteiger partial charge < -0.3 is 4.74 Å². The number of carbonyl (C=O) groups excluding carboxylic acids is 1. The summed E-state index contributed by atoms with van der Waals surface area (Å²) in [6, 6.07) is 4.53. The summed E-state index contributed by atoms with van der Waals surface area (Å²) in [5, 5.41) is 0.118. The molecular formula is C14H17ClFNO2. The Kier molecular flexibility index (Phi) is 4.77. The Balaban J connectivity index is 2.10. The molecule has 0 unspecified atom stereocenters. The number of ether oxygens (including phenoxy) is 1. The highest BCUT2D eigenvalue weighted by atomic mass is 35.5. The Morgan fingerprint density at radius 1 is 1.53 bits per heavy atom. The molecule has 19 heavy (non-hydrogen) atoms. The van der Waals surface area contributed by atoms with Crippen LogP contribution in [0.4, 0.5) is 4.39 Å². The Morgan fingerprint density at radius 2 is 2.32 bits per heavy atom. The van der Waals surface area contributed by atoms with Crippen molar-refractivity contribution in [3.05, 3.63) is 34.6 Å². The molecule has 104 valence electrons. The third kappa shape index (κ3) is 3.45. The maximum atomic E-state index is 13.4. The molecule has 1 heterocycles. The zero-order valence-electron chi connectivity index (χ0n) is 10.9. The number of hydrogen-bond acceptors (Lipinski definition) is 3. The number of halogens is 2. The number of carbonyl (C=O) groups is 1. The zero-order chi connectivity index (χ0) is 13.8. The minimum absolute atomic E-state index is 0.118. The number of methoxy groups -OCH3 is 1. The minimum Gasteiger partial charge on any atom is -0.468 e. The molecule has 1 fully saturated rings. The summed E-state index contributed by atoms with van der Waals surface area (Å²) in [5.74, 6) is -0.639. The predicted molar refractivity (Wildman–Crippen MR) is 71.5 cm³/mol. The molecule has 0 aliphatic carbocycles. The molecule has 2 rings (SSSR count). The number of rotatable bonds is 3. The molecule has 1 aliphatic rings. The lowest BCUT2D eigenvalue weighted by Crippen LogP contribution is -2.44. The van der Waals surface area contributed by atoms with Crippen molar-refractivity contribution in [2.24, 2.45) is 0 Å². The first-order valence-corrected chi connectivity index (χ1v) is 6.75. The summed E-state index contributed by atoms with van der Waals surface area (Å²) < 4.78 is 18.2. The van der Waals surface area contributed by atoms with E-state index in [2.05, 4.69) is 0 Å². The number of esters is 1. The van der Waals surface area contributed by atoms with Gasteiger partial charge in [0.25, 0.3) is 0 Å². The van der Waals surface area contributed by atoms with E-state index in [0.717, 1.165) is 31.4 Å². The van der Waals surface area contributed by atoms with Crippen LogP contribution in [0.1, 0.15) is 24.8 Å². The molecule has 1 aromatic rings. The van der Waals surface area contributed by atoms with Crippen molar-refractivity contribution in [3.63, 3.8) is 0 Å². The summed E-state index contributed by atoms with van der Waals surface area (Å²) >= 11 is 5.66. The molecule has 5 heteroatoms. The van der Waals surface area contributed by atoms with Crippen molar-refractivity contribution >= 4 is 17.6 Å². The number of benzene rings is 1. The summed E-state index contributed by atoms with van der Waals surface area (Å²) in [7, 11) is 1.40. The number of piperidine rings is 1. The first-order chi connectivity index (χ1) is 9.11. The number of hydrogen-bond donors (Lipinski definition) is 0. The third-order valence-corrected chi connectivity index (χ3v) is 3.76. The van der Waals surface area contributed by atoms with Gasteiger partial charge in [-0.15, -0.1) is 0 Å². The Morgan fingerprint density at radius 3 is 3.00 bits per heavy atom. The van der Waals surface area contributed by atoms with Gasteiger partial charge in [0.15, 0.2) is 0 Å². The average molecular weight is 286 g/mol. The van der Waals surface area contributed by atoms with Crippen molar-refractivity contribution in [1.29, 1.82) is 0 Å². The molecule has 0 bridgehead atoms. The summed E-state index contributed by atoms with van der Waals surface area (Å²) in [4.78, 5) is 13.8. The molecular weight excluding hydrogens is 269 g/mol. The lowest BCUT2D eigenvalue weighted by atomic mass is 10.0. The molecule has 0 radical (unpaired) electrons. The van der Waals surface area contributed by atoms with Gasteiger partial charge in [0.1, 0.15) is 11.9 Å². The van der Waals surface area contributed by atoms with Crippen LogP contribution in [-0.2, 0) is 16.1 Å². The van der Waals surface area contributed by atoms with Gasteiger partial charge in [-0.25, -0.2) is 4.39 Å². The first-order valence-electron chi connectivity index (χ1n) is 6.37. The van der Waals surface area contributed by atoms with E-state index in [-0.39, 0.29) is 17.0 Å². The van der Waals surface area contributed by atoms with Gasteiger partial charge in [-0.3, -0.25) is 9.69 Å². The Hall–Kier alpha value is -1.13. The van der Waals surface area contributed by atoms with Gasteiger partial charge in [-0.05, 0) is 37.1 Å². The van der Waals surface area contributed by atoms with Crippen LogP contribution in [0, 0.1) is 5.82 Å². The molecule has 3 nitrogen and oxygen atoms in total. The van der Waals surface area contributed by atoms with Crippen molar-refractivity contribution in [2.45, 2.75) is 31.8 Å². The molecule has 1 saturated heterocycles. The second kappa shape index (κ2) is 6.35. The van der Waals surface area contributed by atoms with Crippen molar-refractivity contribution in [1.82, 2.24) is 4.90 Å². The molecule has 1 aromatic carbocycles. The molecule has 1 aliphatic heterocycles. The summed E-state index contributed by atoms with van der Waals surface area (Å²) in [5.41, 5.74) is 0.817. The Labute approximate surface area is 117 Å². The summed E-state index contributed by atoms with van der Waals surface area (Å²) in [6.07, 6.45) is 2.86. The van der Waals surface area contributed by atoms with Gasteiger partial charge in [-0.2, -0.15) is 0 Å². The molecule has 0 spiro atoms. The smallest absolute Gasteiger partial charge is 0.323 e. The van der Waals surface area contributed by atoms with Crippen molar-refractivity contribution < 1.29 is 13.9 Å². The van der Waals surface area contributed by atoms with Crippen molar-refractivity contribution in [3.8, 4) is 0 Å². The lowest BCUT2D eigenvalue weighted by molar-refractivity contribution is -0.148. The highest BCUT2D eigenvalue weighted by Gasteiger charge is 2.29. The van der Waals surface area contributed by atoms with E-state index in [9.17, 15) is 9.18 Å². The molecule has 0 saturated carbocycles. The second-order valence-electron chi connectivity index (χ2n) is 4.75. The molecule has 0 N–H and O–H groups in total. The van der Waals surface area contributed by atoms with Crippen LogP contribution < -0.4 is 0 Å². The fraction of sp³-hybridized carbons (Fsp3) is 0.500. The van der Waals surface area contributed by atoms with E-state index in [0.29, 0.717) is 6.54 Å². The highest BCUT2D eigenvalue weighted by molar-refractivity contribution is 6.30. The highest BCUT2D eigenvalue weighted by Crippen LogP contribution is 2.22. The lowest BCUT2D eigenvalue weighted by Gasteiger charge is -2.33. The third-order valence-electron chi connectivity index (χ3n) is 3.46. The number of nitrogens with zero attached hydrogens (tertiary/aromatic N) is 1. The van der Waals surface area contributed by atoms with Gasteiger partial charge >= 0.3 is 5.97 Å². The van der Waals surface area contributed by atoms with Gasteiger partial charge in [0.2, 0.25) is 0 Å². The predicted octanol–water partition coefficient (Wildman–Crippen LogP) is 3.01. The van der Waals surface area contributed by atoms with Crippen LogP contribution in [0.2, 0.25) is 5.02 Å². The first kappa shape index (κ1) is 14.3. The van der Waals surface area contributed by atoms with Crippen LogP contribution in [-0.4, -0.2) is 30.6 Å². The average Bonchev–Trinajstić information content (AvgIpc) is 2.43. The molecule has 0 aromatic heterocycles. The van der Waals surface area contributed by atoms with E-state index in [1.807, 2.05) is 4.90 Å². The standard InChI is InChI=1S/C14H17ClFNO2/c1-19-14(18)13-4-2-3-7-17(13)9-10-5-6-11(15)12(16)8-10/h5-6,8,13H,2-4,7,9H2,1H3/t13-/m1/s1. The van der Waals surface area contributed by atoms with E-state index < -0.39 is 5.82 Å². The fourth-order valence-corrected chi connectivity index (χ4v) is 2.57. The zero-order valence-corrected chi connectivity index (χ0v) is 11.6. The van der Waals surface area contributed by atoms with Gasteiger partial charge in [0, 0.05) is 6.54 Å².